The summed E-state index contributed by atoms with van der Waals surface area (Å²) in [5, 5.41) is 3.19. The second-order valence-corrected chi connectivity index (χ2v) is 7.48. The lowest BCUT2D eigenvalue weighted by atomic mass is 10.0. The number of rotatable bonds is 7. The quantitative estimate of drug-likeness (QED) is 0.565. The van der Waals surface area contributed by atoms with Crippen LogP contribution in [0.3, 0.4) is 0 Å². The largest absolute Gasteiger partial charge is 0.497 e. The summed E-state index contributed by atoms with van der Waals surface area (Å²) in [4.78, 5) is 28.2. The molecule has 3 aromatic rings. The summed E-state index contributed by atoms with van der Waals surface area (Å²) in [5.41, 5.74) is 3.76. The summed E-state index contributed by atoms with van der Waals surface area (Å²) in [5.74, 6) is 0.554. The van der Waals surface area contributed by atoms with Crippen LogP contribution in [0.4, 0.5) is 5.69 Å². The molecule has 1 heterocycles. The van der Waals surface area contributed by atoms with Crippen molar-refractivity contribution >= 4 is 23.1 Å². The first-order valence-electron chi connectivity index (χ1n) is 10.2. The number of carbonyl (C=O) groups excluding carboxylic acids is 2. The van der Waals surface area contributed by atoms with Crippen LogP contribution in [0.15, 0.2) is 78.5 Å². The molecule has 3 aromatic carbocycles. The summed E-state index contributed by atoms with van der Waals surface area (Å²) < 4.78 is 10.6. The number of ether oxygens (including phenoxy) is 2. The highest BCUT2D eigenvalue weighted by atomic mass is 16.5. The summed E-state index contributed by atoms with van der Waals surface area (Å²) in [6.07, 6.45) is 0. The van der Waals surface area contributed by atoms with Crippen molar-refractivity contribution in [2.24, 2.45) is 0 Å². The Morgan fingerprint density at radius 2 is 1.59 bits per heavy atom. The molecule has 0 aliphatic carbocycles. The van der Waals surface area contributed by atoms with E-state index in [1.54, 1.807) is 38.5 Å². The predicted molar refractivity (Wildman–Crippen MR) is 123 cm³/mol. The number of amides is 2. The van der Waals surface area contributed by atoms with Crippen LogP contribution < -0.4 is 14.8 Å². The minimum absolute atomic E-state index is 0.111. The van der Waals surface area contributed by atoms with Gasteiger partial charge in [0.25, 0.3) is 11.8 Å². The Bertz CT molecular complexity index is 1200. The molecule has 0 fully saturated rings. The van der Waals surface area contributed by atoms with Crippen molar-refractivity contribution in [1.29, 1.82) is 0 Å². The summed E-state index contributed by atoms with van der Waals surface area (Å²) in [6.45, 7) is 2.08. The molecule has 1 aliphatic heterocycles. The van der Waals surface area contributed by atoms with Gasteiger partial charge in [-0.15, -0.1) is 0 Å². The predicted octanol–water partition coefficient (Wildman–Crippen LogP) is 4.40. The molecule has 0 aromatic heterocycles. The van der Waals surface area contributed by atoms with E-state index in [-0.39, 0.29) is 24.1 Å². The molecule has 0 saturated carbocycles. The van der Waals surface area contributed by atoms with Gasteiger partial charge in [0.15, 0.2) is 0 Å². The molecule has 0 saturated heterocycles. The minimum Gasteiger partial charge on any atom is -0.497 e. The highest BCUT2D eigenvalue weighted by Crippen LogP contribution is 2.33. The molecule has 0 radical (unpaired) electrons. The second-order valence-electron chi connectivity index (χ2n) is 7.48. The van der Waals surface area contributed by atoms with Crippen LogP contribution in [0, 0.1) is 6.92 Å². The van der Waals surface area contributed by atoms with Gasteiger partial charge in [0, 0.05) is 11.3 Å². The fourth-order valence-electron chi connectivity index (χ4n) is 3.73. The number of nitrogens with zero attached hydrogens (tertiary/aromatic N) is 1. The topological polar surface area (TPSA) is 67.9 Å². The van der Waals surface area contributed by atoms with E-state index >= 15 is 0 Å². The summed E-state index contributed by atoms with van der Waals surface area (Å²) in [7, 11) is 3.15. The zero-order valence-corrected chi connectivity index (χ0v) is 18.2. The van der Waals surface area contributed by atoms with E-state index in [1.807, 2.05) is 55.5 Å². The average Bonchev–Trinajstić information content (AvgIpc) is 3.03. The molecule has 4 rings (SSSR count). The maximum Gasteiger partial charge on any atom is 0.278 e. The van der Waals surface area contributed by atoms with E-state index in [9.17, 15) is 9.59 Å². The smallest absolute Gasteiger partial charge is 0.278 e. The van der Waals surface area contributed by atoms with E-state index in [0.29, 0.717) is 22.6 Å². The molecule has 162 valence electrons. The van der Waals surface area contributed by atoms with Gasteiger partial charge in [-0.05, 0) is 48.4 Å². The van der Waals surface area contributed by atoms with E-state index in [0.717, 1.165) is 16.8 Å². The number of aryl methyl sites for hydroxylation is 1. The summed E-state index contributed by atoms with van der Waals surface area (Å²) >= 11 is 0. The van der Waals surface area contributed by atoms with Gasteiger partial charge in [-0.1, -0.05) is 42.5 Å². The van der Waals surface area contributed by atoms with Crippen LogP contribution in [0.25, 0.3) is 5.57 Å². The standard InChI is InChI=1S/C26H24N2O4/c1-17-7-6-9-20(15-17)27-24-23(18-11-13-21(31-2)14-12-18)25(29)28(26(24)30)16-19-8-4-5-10-22(19)32-3/h4-15,27H,16H2,1-3H3. The van der Waals surface area contributed by atoms with E-state index in [1.165, 1.54) is 4.90 Å². The maximum atomic E-state index is 13.5. The summed E-state index contributed by atoms with van der Waals surface area (Å²) in [6, 6.07) is 22.1. The molecular weight excluding hydrogens is 404 g/mol. The average molecular weight is 428 g/mol. The lowest BCUT2D eigenvalue weighted by Gasteiger charge is -2.17. The van der Waals surface area contributed by atoms with Gasteiger partial charge in [-0.3, -0.25) is 14.5 Å². The first-order valence-corrected chi connectivity index (χ1v) is 10.2. The number of imide groups is 1. The molecular formula is C26H24N2O4. The molecule has 1 N–H and O–H groups in total. The third kappa shape index (κ3) is 4.07. The van der Waals surface area contributed by atoms with Crippen LogP contribution in [-0.2, 0) is 16.1 Å². The first kappa shape index (κ1) is 21.2. The second kappa shape index (κ2) is 8.98. The molecule has 0 unspecified atom stereocenters. The molecule has 32 heavy (non-hydrogen) atoms. The van der Waals surface area contributed by atoms with Crippen molar-refractivity contribution in [3.63, 3.8) is 0 Å². The highest BCUT2D eigenvalue weighted by Gasteiger charge is 2.39. The van der Waals surface area contributed by atoms with Crippen molar-refractivity contribution in [2.75, 3.05) is 19.5 Å². The van der Waals surface area contributed by atoms with Crippen LogP contribution in [0.2, 0.25) is 0 Å². The van der Waals surface area contributed by atoms with Crippen LogP contribution in [0.5, 0.6) is 11.5 Å². The number of carbonyl (C=O) groups is 2. The lowest BCUT2D eigenvalue weighted by molar-refractivity contribution is -0.137. The Kier molecular flexibility index (Phi) is 5.94. The van der Waals surface area contributed by atoms with Crippen LogP contribution in [0.1, 0.15) is 16.7 Å². The molecule has 1 aliphatic rings. The van der Waals surface area contributed by atoms with Crippen molar-refractivity contribution in [1.82, 2.24) is 4.90 Å². The zero-order valence-electron chi connectivity index (χ0n) is 18.2. The fourth-order valence-corrected chi connectivity index (χ4v) is 3.73. The van der Waals surface area contributed by atoms with Crippen molar-refractivity contribution < 1.29 is 19.1 Å². The Labute approximate surface area is 187 Å². The van der Waals surface area contributed by atoms with Crippen molar-refractivity contribution in [3.8, 4) is 11.5 Å². The van der Waals surface area contributed by atoms with Crippen molar-refractivity contribution in [2.45, 2.75) is 13.5 Å². The van der Waals surface area contributed by atoms with E-state index in [4.69, 9.17) is 9.47 Å². The number of anilines is 1. The molecule has 0 bridgehead atoms. The minimum atomic E-state index is -0.381. The third-order valence-corrected chi connectivity index (χ3v) is 5.36. The lowest BCUT2D eigenvalue weighted by Crippen LogP contribution is -2.32. The number of benzene rings is 3. The molecule has 0 spiro atoms. The first-order chi connectivity index (χ1) is 15.5. The third-order valence-electron chi connectivity index (χ3n) is 5.36. The zero-order chi connectivity index (χ0) is 22.7. The van der Waals surface area contributed by atoms with Crippen LogP contribution >= 0.6 is 0 Å². The van der Waals surface area contributed by atoms with Gasteiger partial charge in [0.1, 0.15) is 17.2 Å². The Hall–Kier alpha value is -4.06. The maximum absolute atomic E-state index is 13.5. The highest BCUT2D eigenvalue weighted by molar-refractivity contribution is 6.36. The van der Waals surface area contributed by atoms with Crippen molar-refractivity contribution in [3.05, 3.63) is 95.2 Å². The Balaban J connectivity index is 1.75. The molecule has 2 amide bonds. The van der Waals surface area contributed by atoms with Gasteiger partial charge >= 0.3 is 0 Å². The van der Waals surface area contributed by atoms with Crippen LogP contribution in [-0.4, -0.2) is 30.9 Å². The molecule has 6 nitrogen and oxygen atoms in total. The fraction of sp³-hybridized carbons (Fsp3) is 0.154. The number of methoxy groups -OCH3 is 2. The van der Waals surface area contributed by atoms with Gasteiger partial charge in [-0.25, -0.2) is 0 Å². The van der Waals surface area contributed by atoms with Gasteiger partial charge < -0.3 is 14.8 Å². The normalized spacial score (nSPS) is 13.5. The molecule has 6 heteroatoms. The number of para-hydroxylation sites is 1. The Morgan fingerprint density at radius 1 is 0.844 bits per heavy atom. The van der Waals surface area contributed by atoms with Gasteiger partial charge in [-0.2, -0.15) is 0 Å². The van der Waals surface area contributed by atoms with Gasteiger partial charge in [0.05, 0.1) is 26.3 Å². The Morgan fingerprint density at radius 3 is 2.28 bits per heavy atom. The van der Waals surface area contributed by atoms with E-state index in [2.05, 4.69) is 5.32 Å². The number of hydrogen-bond acceptors (Lipinski definition) is 5. The number of hydrogen-bond donors (Lipinski definition) is 1. The monoisotopic (exact) mass is 428 g/mol. The van der Waals surface area contributed by atoms with E-state index < -0.39 is 0 Å². The van der Waals surface area contributed by atoms with Gasteiger partial charge in [0.2, 0.25) is 0 Å². The number of nitrogens with one attached hydrogen (secondary N) is 1. The SMILES string of the molecule is COc1ccc(C2=C(Nc3cccc(C)c3)C(=O)N(Cc3ccccc3OC)C2=O)cc1. The molecule has 0 atom stereocenters.